The average molecular weight is 187 g/mol. The Bertz CT molecular complexity index is 120. The van der Waals surface area contributed by atoms with Crippen LogP contribution in [0.4, 0.5) is 0 Å². The van der Waals surface area contributed by atoms with Gasteiger partial charge in [0.2, 0.25) is 6.41 Å². The molecule has 0 unspecified atom stereocenters. The first-order valence-electron chi connectivity index (χ1n) is 4.70. The summed E-state index contributed by atoms with van der Waals surface area (Å²) in [5.41, 5.74) is 2.94. The molecule has 2 N–H and O–H groups in total. The fourth-order valence-electron chi connectivity index (χ4n) is 0.982. The Hall–Kier alpha value is -0.610. The van der Waals surface area contributed by atoms with Gasteiger partial charge in [-0.3, -0.25) is 9.80 Å². The molecule has 0 spiro atoms. The van der Waals surface area contributed by atoms with E-state index in [1.807, 2.05) is 0 Å². The molecular formula is C9H19N2O2. The minimum Gasteiger partial charge on any atom is -0.396 e. The van der Waals surface area contributed by atoms with Crippen LogP contribution in [-0.4, -0.2) is 36.2 Å². The molecule has 0 saturated heterocycles. The molecular weight excluding hydrogens is 168 g/mol. The number of nitrogens with zero attached hydrogens (tertiary/aromatic N) is 1. The zero-order chi connectivity index (χ0) is 9.94. The molecule has 0 rings (SSSR count). The maximum Gasteiger partial charge on any atom is 0.223 e. The minimum absolute atomic E-state index is 0.271. The Balaban J connectivity index is 3.10. The summed E-state index contributed by atoms with van der Waals surface area (Å²) in [6.45, 7) is 5.09. The maximum atomic E-state index is 10.3. The molecule has 0 aromatic rings. The third kappa shape index (κ3) is 7.74. The van der Waals surface area contributed by atoms with E-state index in [1.165, 1.54) is 5.01 Å². The van der Waals surface area contributed by atoms with Crippen molar-refractivity contribution in [2.45, 2.75) is 25.7 Å². The highest BCUT2D eigenvalue weighted by atomic mass is 16.2. The van der Waals surface area contributed by atoms with E-state index in [2.05, 4.69) is 12.3 Å². The lowest BCUT2D eigenvalue weighted by Crippen LogP contribution is -2.37. The van der Waals surface area contributed by atoms with Crippen LogP contribution in [0, 0.1) is 6.92 Å². The predicted octanol–water partition coefficient (Wildman–Crippen LogP) is 0.336. The van der Waals surface area contributed by atoms with Gasteiger partial charge < -0.3 is 5.11 Å². The summed E-state index contributed by atoms with van der Waals surface area (Å²) in [5, 5.41) is 9.93. The highest BCUT2D eigenvalue weighted by Crippen LogP contribution is 1.97. The third-order valence-electron chi connectivity index (χ3n) is 1.77. The molecule has 1 amide bonds. The van der Waals surface area contributed by atoms with Crippen molar-refractivity contribution in [3.05, 3.63) is 6.92 Å². The summed E-state index contributed by atoms with van der Waals surface area (Å²) in [5.74, 6) is 0. The Morgan fingerprint density at radius 3 is 2.54 bits per heavy atom. The van der Waals surface area contributed by atoms with E-state index in [1.54, 1.807) is 0 Å². The van der Waals surface area contributed by atoms with E-state index in [9.17, 15) is 4.79 Å². The second kappa shape index (κ2) is 9.48. The van der Waals surface area contributed by atoms with Crippen LogP contribution in [0.15, 0.2) is 0 Å². The number of nitrogens with one attached hydrogen (secondary N) is 1. The smallest absolute Gasteiger partial charge is 0.223 e. The van der Waals surface area contributed by atoms with Crippen LogP contribution < -0.4 is 5.43 Å². The molecule has 4 nitrogen and oxygen atoms in total. The lowest BCUT2D eigenvalue weighted by molar-refractivity contribution is -0.120. The molecule has 0 aliphatic heterocycles. The number of unbranched alkanes of at least 4 members (excludes halogenated alkanes) is 3. The van der Waals surface area contributed by atoms with Gasteiger partial charge in [-0.2, -0.15) is 0 Å². The zero-order valence-electron chi connectivity index (χ0n) is 8.04. The van der Waals surface area contributed by atoms with Gasteiger partial charge in [0.25, 0.3) is 0 Å². The SMILES string of the molecule is [CH2]CN(C=O)NCCCCCCO. The van der Waals surface area contributed by atoms with Crippen LogP contribution in [0.25, 0.3) is 0 Å². The van der Waals surface area contributed by atoms with Crippen LogP contribution >= 0.6 is 0 Å². The van der Waals surface area contributed by atoms with Crippen molar-refractivity contribution in [2.24, 2.45) is 0 Å². The van der Waals surface area contributed by atoms with Gasteiger partial charge in [-0.25, -0.2) is 5.43 Å². The summed E-state index contributed by atoms with van der Waals surface area (Å²) in [4.78, 5) is 10.3. The van der Waals surface area contributed by atoms with Crippen LogP contribution in [0.1, 0.15) is 25.7 Å². The summed E-state index contributed by atoms with van der Waals surface area (Å²) in [7, 11) is 0. The number of carbonyl (C=O) groups excluding carboxylic acids is 1. The molecule has 77 valence electrons. The van der Waals surface area contributed by atoms with E-state index in [0.29, 0.717) is 6.54 Å². The Kier molecular flexibility index (Phi) is 9.03. The molecule has 0 aromatic carbocycles. The first-order chi connectivity index (χ1) is 6.35. The molecule has 1 radical (unpaired) electrons. The van der Waals surface area contributed by atoms with Crippen molar-refractivity contribution in [1.82, 2.24) is 10.4 Å². The predicted molar refractivity (Wildman–Crippen MR) is 51.7 cm³/mol. The molecule has 13 heavy (non-hydrogen) atoms. The Morgan fingerprint density at radius 1 is 1.31 bits per heavy atom. The van der Waals surface area contributed by atoms with Crippen molar-refractivity contribution < 1.29 is 9.90 Å². The summed E-state index contributed by atoms with van der Waals surface area (Å²) in [6.07, 6.45) is 4.75. The Labute approximate surface area is 79.9 Å². The third-order valence-corrected chi connectivity index (χ3v) is 1.77. The highest BCUT2D eigenvalue weighted by Gasteiger charge is 1.95. The van der Waals surface area contributed by atoms with Crippen LogP contribution in [0.5, 0.6) is 0 Å². The zero-order valence-corrected chi connectivity index (χ0v) is 8.04. The topological polar surface area (TPSA) is 52.6 Å². The summed E-state index contributed by atoms with van der Waals surface area (Å²) >= 11 is 0. The van der Waals surface area contributed by atoms with Crippen LogP contribution in [-0.2, 0) is 4.79 Å². The number of hydrogen-bond donors (Lipinski definition) is 2. The van der Waals surface area contributed by atoms with Gasteiger partial charge >= 0.3 is 0 Å². The van der Waals surface area contributed by atoms with Crippen molar-refractivity contribution in [1.29, 1.82) is 0 Å². The lowest BCUT2D eigenvalue weighted by Gasteiger charge is -2.15. The molecule has 0 aliphatic carbocycles. The van der Waals surface area contributed by atoms with E-state index in [4.69, 9.17) is 5.11 Å². The number of hydrogen-bond acceptors (Lipinski definition) is 3. The molecule has 0 aliphatic rings. The fourth-order valence-corrected chi connectivity index (χ4v) is 0.982. The first-order valence-corrected chi connectivity index (χ1v) is 4.70. The number of carbonyl (C=O) groups is 1. The summed E-state index contributed by atoms with van der Waals surface area (Å²) in [6, 6.07) is 0. The standard InChI is InChI=1S/C9H19N2O2/c1-2-11(9-13)10-7-5-3-4-6-8-12/h9-10,12H,1-8H2. The van der Waals surface area contributed by atoms with E-state index >= 15 is 0 Å². The highest BCUT2D eigenvalue weighted by molar-refractivity contribution is 5.45. The normalized spacial score (nSPS) is 10.0. The number of rotatable bonds is 9. The first kappa shape index (κ1) is 12.4. The molecule has 0 aromatic heterocycles. The fraction of sp³-hybridized carbons (Fsp3) is 0.778. The summed E-state index contributed by atoms with van der Waals surface area (Å²) < 4.78 is 0. The molecule has 0 bridgehead atoms. The molecule has 0 atom stereocenters. The number of amides is 1. The van der Waals surface area contributed by atoms with Crippen LogP contribution in [0.3, 0.4) is 0 Å². The second-order valence-electron chi connectivity index (χ2n) is 2.84. The Morgan fingerprint density at radius 2 is 2.00 bits per heavy atom. The van der Waals surface area contributed by atoms with Gasteiger partial charge in [0.15, 0.2) is 0 Å². The second-order valence-corrected chi connectivity index (χ2v) is 2.84. The van der Waals surface area contributed by atoms with Gasteiger partial charge in [-0.15, -0.1) is 0 Å². The van der Waals surface area contributed by atoms with Crippen molar-refractivity contribution in [2.75, 3.05) is 19.7 Å². The molecule has 4 heteroatoms. The van der Waals surface area contributed by atoms with Crippen molar-refractivity contribution >= 4 is 6.41 Å². The minimum atomic E-state index is 0.271. The molecule has 0 fully saturated rings. The largest absolute Gasteiger partial charge is 0.396 e. The number of hydrazine groups is 1. The van der Waals surface area contributed by atoms with Gasteiger partial charge in [-0.05, 0) is 19.8 Å². The van der Waals surface area contributed by atoms with E-state index in [-0.39, 0.29) is 6.61 Å². The quantitative estimate of drug-likeness (QED) is 0.311. The van der Waals surface area contributed by atoms with Gasteiger partial charge in [-0.1, -0.05) is 12.8 Å². The maximum absolute atomic E-state index is 10.3. The van der Waals surface area contributed by atoms with Crippen molar-refractivity contribution in [3.8, 4) is 0 Å². The molecule has 0 heterocycles. The van der Waals surface area contributed by atoms with Crippen molar-refractivity contribution in [3.63, 3.8) is 0 Å². The van der Waals surface area contributed by atoms with E-state index < -0.39 is 0 Å². The number of aliphatic hydroxyl groups is 1. The van der Waals surface area contributed by atoms with E-state index in [0.717, 1.165) is 38.6 Å². The molecule has 0 saturated carbocycles. The number of aliphatic hydroxyl groups excluding tert-OH is 1. The van der Waals surface area contributed by atoms with Gasteiger partial charge in [0, 0.05) is 19.7 Å². The van der Waals surface area contributed by atoms with Gasteiger partial charge in [0.05, 0.1) is 0 Å². The monoisotopic (exact) mass is 187 g/mol. The average Bonchev–Trinajstić information content (AvgIpc) is 2.17. The lowest BCUT2D eigenvalue weighted by atomic mass is 10.2. The van der Waals surface area contributed by atoms with Crippen LogP contribution in [0.2, 0.25) is 0 Å². The van der Waals surface area contributed by atoms with Gasteiger partial charge in [0.1, 0.15) is 0 Å².